The molecule has 2 aliphatic rings. The van der Waals surface area contributed by atoms with Crippen molar-refractivity contribution in [2.24, 2.45) is 17.8 Å². The zero-order valence-electron chi connectivity index (χ0n) is 11.1. The van der Waals surface area contributed by atoms with Crippen LogP contribution >= 0.6 is 0 Å². The second-order valence-electron chi connectivity index (χ2n) is 5.93. The molecule has 1 amide bonds. The van der Waals surface area contributed by atoms with E-state index in [9.17, 15) is 9.59 Å². The van der Waals surface area contributed by atoms with Crippen LogP contribution in [0.15, 0.2) is 0 Å². The van der Waals surface area contributed by atoms with Crippen molar-refractivity contribution in [1.82, 2.24) is 4.90 Å². The molecule has 0 radical (unpaired) electrons. The Hall–Kier alpha value is -1.06. The maximum atomic E-state index is 12.4. The Balaban J connectivity index is 1.93. The highest BCUT2D eigenvalue weighted by Crippen LogP contribution is 2.31. The lowest BCUT2D eigenvalue weighted by atomic mass is 9.80. The fourth-order valence-corrected chi connectivity index (χ4v) is 3.29. The molecule has 1 aliphatic carbocycles. The van der Waals surface area contributed by atoms with Gasteiger partial charge in [-0.15, -0.1) is 0 Å². The summed E-state index contributed by atoms with van der Waals surface area (Å²) in [5.74, 6) is -0.311. The highest BCUT2D eigenvalue weighted by atomic mass is 16.4. The molecule has 1 N–H and O–H groups in total. The number of nitrogens with zero attached hydrogens (tertiary/aromatic N) is 1. The Kier molecular flexibility index (Phi) is 4.25. The molecular weight excluding hydrogens is 230 g/mol. The summed E-state index contributed by atoms with van der Waals surface area (Å²) < 4.78 is 0. The molecule has 0 bridgehead atoms. The summed E-state index contributed by atoms with van der Waals surface area (Å²) in [7, 11) is 0. The summed E-state index contributed by atoms with van der Waals surface area (Å²) in [6.07, 6.45) is 5.30. The quantitative estimate of drug-likeness (QED) is 0.820. The molecular formula is C14H23NO3. The van der Waals surface area contributed by atoms with Gasteiger partial charge in [0, 0.05) is 19.0 Å². The number of aliphatic carboxylic acids is 1. The lowest BCUT2D eigenvalue weighted by Crippen LogP contribution is -2.44. The minimum absolute atomic E-state index is 0.0508. The number of rotatable bonds is 2. The van der Waals surface area contributed by atoms with Crippen LogP contribution in [0.4, 0.5) is 0 Å². The van der Waals surface area contributed by atoms with E-state index in [1.807, 2.05) is 4.90 Å². The van der Waals surface area contributed by atoms with E-state index < -0.39 is 5.97 Å². The van der Waals surface area contributed by atoms with E-state index >= 15 is 0 Å². The van der Waals surface area contributed by atoms with Crippen LogP contribution < -0.4 is 0 Å². The van der Waals surface area contributed by atoms with Crippen LogP contribution in [0.1, 0.15) is 45.4 Å². The number of likely N-dealkylation sites (tertiary alicyclic amines) is 1. The maximum Gasteiger partial charge on any atom is 0.306 e. The second-order valence-corrected chi connectivity index (χ2v) is 5.93. The van der Waals surface area contributed by atoms with Gasteiger partial charge in [-0.2, -0.15) is 0 Å². The fourth-order valence-electron chi connectivity index (χ4n) is 3.29. The van der Waals surface area contributed by atoms with Crippen molar-refractivity contribution in [2.75, 3.05) is 13.1 Å². The van der Waals surface area contributed by atoms with E-state index in [0.717, 1.165) is 38.8 Å². The van der Waals surface area contributed by atoms with Gasteiger partial charge in [0.15, 0.2) is 0 Å². The highest BCUT2D eigenvalue weighted by molar-refractivity contribution is 5.80. The van der Waals surface area contributed by atoms with Gasteiger partial charge in [-0.25, -0.2) is 0 Å². The highest BCUT2D eigenvalue weighted by Gasteiger charge is 2.34. The Morgan fingerprint density at radius 1 is 1.11 bits per heavy atom. The fraction of sp³-hybridized carbons (Fsp3) is 0.857. The van der Waals surface area contributed by atoms with Crippen molar-refractivity contribution >= 4 is 11.9 Å². The molecule has 0 aromatic rings. The SMILES string of the molecule is CC1CCCN(C(=O)C2CCCC(C(=O)O)C2)C1. The number of hydrogen-bond acceptors (Lipinski definition) is 2. The molecule has 1 heterocycles. The summed E-state index contributed by atoms with van der Waals surface area (Å²) >= 11 is 0. The number of carbonyl (C=O) groups excluding carboxylic acids is 1. The Bertz CT molecular complexity index is 329. The van der Waals surface area contributed by atoms with Crippen LogP contribution in [0.2, 0.25) is 0 Å². The molecule has 2 fully saturated rings. The van der Waals surface area contributed by atoms with Crippen LogP contribution in [0.3, 0.4) is 0 Å². The Morgan fingerprint density at radius 3 is 2.50 bits per heavy atom. The van der Waals surface area contributed by atoms with Gasteiger partial charge in [-0.3, -0.25) is 9.59 Å². The third-order valence-electron chi connectivity index (χ3n) is 4.34. The number of amides is 1. The van der Waals surface area contributed by atoms with Crippen LogP contribution in [-0.2, 0) is 9.59 Å². The number of carboxylic acid groups (broad SMARTS) is 1. The molecule has 3 atom stereocenters. The predicted molar refractivity (Wildman–Crippen MR) is 68.1 cm³/mol. The van der Waals surface area contributed by atoms with E-state index in [1.54, 1.807) is 0 Å². The first-order valence-corrected chi connectivity index (χ1v) is 7.09. The van der Waals surface area contributed by atoms with E-state index in [2.05, 4.69) is 6.92 Å². The summed E-state index contributed by atoms with van der Waals surface area (Å²) in [6, 6.07) is 0. The molecule has 18 heavy (non-hydrogen) atoms. The molecule has 0 aromatic heterocycles. The summed E-state index contributed by atoms with van der Waals surface area (Å²) in [5, 5.41) is 9.07. The minimum atomic E-state index is -0.737. The topological polar surface area (TPSA) is 57.6 Å². The standard InChI is InChI=1S/C14H23NO3/c1-10-4-3-7-15(9-10)13(16)11-5-2-6-12(8-11)14(17)18/h10-12H,2-9H2,1H3,(H,17,18). The van der Waals surface area contributed by atoms with Gasteiger partial charge in [-0.1, -0.05) is 13.3 Å². The van der Waals surface area contributed by atoms with Gasteiger partial charge in [0.1, 0.15) is 0 Å². The number of carboxylic acids is 1. The molecule has 0 spiro atoms. The molecule has 1 saturated carbocycles. The number of hydrogen-bond donors (Lipinski definition) is 1. The molecule has 2 rings (SSSR count). The van der Waals surface area contributed by atoms with Crippen molar-refractivity contribution in [2.45, 2.75) is 45.4 Å². The van der Waals surface area contributed by atoms with Crippen LogP contribution in [0.25, 0.3) is 0 Å². The van der Waals surface area contributed by atoms with Crippen molar-refractivity contribution < 1.29 is 14.7 Å². The molecule has 102 valence electrons. The summed E-state index contributed by atoms with van der Waals surface area (Å²) in [6.45, 7) is 3.89. The average molecular weight is 253 g/mol. The average Bonchev–Trinajstić information content (AvgIpc) is 2.38. The van der Waals surface area contributed by atoms with Gasteiger partial charge in [0.05, 0.1) is 5.92 Å². The van der Waals surface area contributed by atoms with E-state index in [1.165, 1.54) is 6.42 Å². The minimum Gasteiger partial charge on any atom is -0.481 e. The summed E-state index contributed by atoms with van der Waals surface area (Å²) in [4.78, 5) is 25.4. The van der Waals surface area contributed by atoms with E-state index in [0.29, 0.717) is 12.3 Å². The van der Waals surface area contributed by atoms with Crippen molar-refractivity contribution in [3.05, 3.63) is 0 Å². The zero-order valence-corrected chi connectivity index (χ0v) is 11.1. The Morgan fingerprint density at radius 2 is 1.83 bits per heavy atom. The van der Waals surface area contributed by atoms with Crippen molar-refractivity contribution in [3.63, 3.8) is 0 Å². The first kappa shape index (κ1) is 13.4. The Labute approximate surface area is 108 Å². The molecule has 0 aromatic carbocycles. The monoisotopic (exact) mass is 253 g/mol. The lowest BCUT2D eigenvalue weighted by Gasteiger charge is -2.35. The normalized spacial score (nSPS) is 33.2. The molecule has 4 nitrogen and oxygen atoms in total. The zero-order chi connectivity index (χ0) is 13.1. The predicted octanol–water partition coefficient (Wildman–Crippen LogP) is 2.14. The van der Waals surface area contributed by atoms with Crippen molar-refractivity contribution in [3.8, 4) is 0 Å². The maximum absolute atomic E-state index is 12.4. The molecule has 3 unspecified atom stereocenters. The number of carbonyl (C=O) groups is 2. The van der Waals surface area contributed by atoms with Crippen molar-refractivity contribution in [1.29, 1.82) is 0 Å². The third kappa shape index (κ3) is 3.03. The largest absolute Gasteiger partial charge is 0.481 e. The van der Waals surface area contributed by atoms with Gasteiger partial charge in [-0.05, 0) is 38.0 Å². The molecule has 1 saturated heterocycles. The van der Waals surface area contributed by atoms with Gasteiger partial charge in [0.25, 0.3) is 0 Å². The second kappa shape index (κ2) is 5.72. The lowest BCUT2D eigenvalue weighted by molar-refractivity contribution is -0.146. The smallest absolute Gasteiger partial charge is 0.306 e. The van der Waals surface area contributed by atoms with E-state index in [-0.39, 0.29) is 17.7 Å². The molecule has 4 heteroatoms. The first-order valence-electron chi connectivity index (χ1n) is 7.09. The molecule has 1 aliphatic heterocycles. The van der Waals surface area contributed by atoms with Gasteiger partial charge in [0.2, 0.25) is 5.91 Å². The van der Waals surface area contributed by atoms with Crippen LogP contribution in [-0.4, -0.2) is 35.0 Å². The first-order chi connectivity index (χ1) is 8.58. The third-order valence-corrected chi connectivity index (χ3v) is 4.34. The van der Waals surface area contributed by atoms with E-state index in [4.69, 9.17) is 5.11 Å². The van der Waals surface area contributed by atoms with Crippen LogP contribution in [0.5, 0.6) is 0 Å². The van der Waals surface area contributed by atoms with Gasteiger partial charge >= 0.3 is 5.97 Å². The van der Waals surface area contributed by atoms with Gasteiger partial charge < -0.3 is 10.0 Å². The number of piperidine rings is 1. The summed E-state index contributed by atoms with van der Waals surface area (Å²) in [5.41, 5.74) is 0. The van der Waals surface area contributed by atoms with Crippen LogP contribution in [0, 0.1) is 17.8 Å².